The van der Waals surface area contributed by atoms with E-state index in [1.165, 1.54) is 16.9 Å². The number of para-hydroxylation sites is 1. The summed E-state index contributed by atoms with van der Waals surface area (Å²) in [5, 5.41) is 4.73. The second-order valence-electron chi connectivity index (χ2n) is 5.12. The van der Waals surface area contributed by atoms with Crippen molar-refractivity contribution in [2.75, 3.05) is 5.32 Å². The van der Waals surface area contributed by atoms with Gasteiger partial charge in [-0.3, -0.25) is 9.59 Å². The Kier molecular flexibility index (Phi) is 3.75. The first kappa shape index (κ1) is 13.8. The Morgan fingerprint density at radius 2 is 1.86 bits per heavy atom. The number of primary amides is 1. The quantitative estimate of drug-likeness (QED) is 0.914. The molecule has 0 unspecified atom stereocenters. The maximum atomic E-state index is 12.5. The fraction of sp³-hybridized carbons (Fsp3) is 0.250. The number of thiophene rings is 1. The second kappa shape index (κ2) is 5.69. The minimum Gasteiger partial charge on any atom is -0.366 e. The lowest BCUT2D eigenvalue weighted by atomic mass is 9.95. The average molecular weight is 300 g/mol. The van der Waals surface area contributed by atoms with Gasteiger partial charge in [-0.05, 0) is 43.4 Å². The molecular formula is C16H16N2O2S. The van der Waals surface area contributed by atoms with Gasteiger partial charge in [-0.2, -0.15) is 0 Å². The molecule has 0 saturated carbocycles. The van der Waals surface area contributed by atoms with E-state index in [1.807, 2.05) is 5.38 Å². The SMILES string of the molecule is NC(=O)c1ccccc1NC(=O)c1csc2c1CCCC2. The van der Waals surface area contributed by atoms with Crippen LogP contribution in [-0.2, 0) is 12.8 Å². The van der Waals surface area contributed by atoms with Crippen molar-refractivity contribution in [3.8, 4) is 0 Å². The largest absolute Gasteiger partial charge is 0.366 e. The molecule has 4 nitrogen and oxygen atoms in total. The van der Waals surface area contributed by atoms with Gasteiger partial charge >= 0.3 is 0 Å². The fourth-order valence-corrected chi connectivity index (χ4v) is 3.81. The summed E-state index contributed by atoms with van der Waals surface area (Å²) in [6.45, 7) is 0. The van der Waals surface area contributed by atoms with E-state index < -0.39 is 5.91 Å². The Morgan fingerprint density at radius 1 is 1.10 bits per heavy atom. The summed E-state index contributed by atoms with van der Waals surface area (Å²) in [6, 6.07) is 6.80. The first-order valence-electron chi connectivity index (χ1n) is 6.96. The molecule has 0 atom stereocenters. The topological polar surface area (TPSA) is 72.2 Å². The minimum atomic E-state index is -0.543. The summed E-state index contributed by atoms with van der Waals surface area (Å²) >= 11 is 1.65. The number of hydrogen-bond acceptors (Lipinski definition) is 3. The number of carbonyl (C=O) groups excluding carboxylic acids is 2. The summed E-state index contributed by atoms with van der Waals surface area (Å²) in [7, 11) is 0. The van der Waals surface area contributed by atoms with E-state index in [-0.39, 0.29) is 5.91 Å². The molecule has 21 heavy (non-hydrogen) atoms. The van der Waals surface area contributed by atoms with Crippen molar-refractivity contribution in [2.24, 2.45) is 5.73 Å². The third kappa shape index (κ3) is 2.69. The maximum Gasteiger partial charge on any atom is 0.256 e. The third-order valence-corrected chi connectivity index (χ3v) is 4.84. The van der Waals surface area contributed by atoms with Crippen LogP contribution in [0.3, 0.4) is 0 Å². The van der Waals surface area contributed by atoms with E-state index in [0.29, 0.717) is 11.3 Å². The van der Waals surface area contributed by atoms with E-state index >= 15 is 0 Å². The van der Waals surface area contributed by atoms with Crippen LogP contribution in [0.5, 0.6) is 0 Å². The third-order valence-electron chi connectivity index (χ3n) is 3.75. The normalized spacial score (nSPS) is 13.5. The number of nitrogens with one attached hydrogen (secondary N) is 1. The van der Waals surface area contributed by atoms with Crippen molar-refractivity contribution in [1.29, 1.82) is 0 Å². The van der Waals surface area contributed by atoms with E-state index in [9.17, 15) is 9.59 Å². The van der Waals surface area contributed by atoms with Gasteiger partial charge in [0, 0.05) is 10.3 Å². The number of anilines is 1. The Bertz CT molecular complexity index is 706. The Hall–Kier alpha value is -2.14. The van der Waals surface area contributed by atoms with Crippen LogP contribution in [0.25, 0.3) is 0 Å². The highest BCUT2D eigenvalue weighted by Gasteiger charge is 2.21. The van der Waals surface area contributed by atoms with Crippen LogP contribution in [0.4, 0.5) is 5.69 Å². The standard InChI is InChI=1S/C16H16N2O2S/c17-15(19)11-6-1-3-7-13(11)18-16(20)12-9-21-14-8-4-2-5-10(12)14/h1,3,6-7,9H,2,4-5,8H2,(H2,17,19)(H,18,20). The zero-order valence-electron chi connectivity index (χ0n) is 11.5. The number of hydrogen-bond donors (Lipinski definition) is 2. The lowest BCUT2D eigenvalue weighted by Gasteiger charge is -2.13. The van der Waals surface area contributed by atoms with Crippen LogP contribution < -0.4 is 11.1 Å². The van der Waals surface area contributed by atoms with Gasteiger partial charge in [0.05, 0.1) is 16.8 Å². The van der Waals surface area contributed by atoms with Gasteiger partial charge in [-0.1, -0.05) is 12.1 Å². The highest BCUT2D eigenvalue weighted by atomic mass is 32.1. The van der Waals surface area contributed by atoms with Gasteiger partial charge in [-0.15, -0.1) is 11.3 Å². The van der Waals surface area contributed by atoms with Crippen molar-refractivity contribution in [2.45, 2.75) is 25.7 Å². The van der Waals surface area contributed by atoms with Gasteiger partial charge in [0.15, 0.2) is 0 Å². The van der Waals surface area contributed by atoms with Gasteiger partial charge < -0.3 is 11.1 Å². The van der Waals surface area contributed by atoms with Crippen LogP contribution in [0, 0.1) is 0 Å². The number of rotatable bonds is 3. The smallest absolute Gasteiger partial charge is 0.256 e. The van der Waals surface area contributed by atoms with E-state index in [1.54, 1.807) is 35.6 Å². The lowest BCUT2D eigenvalue weighted by Crippen LogP contribution is -2.19. The lowest BCUT2D eigenvalue weighted by molar-refractivity contribution is 0.100. The average Bonchev–Trinajstić information content (AvgIpc) is 2.91. The number of benzene rings is 1. The molecular weight excluding hydrogens is 284 g/mol. The van der Waals surface area contributed by atoms with Crippen molar-refractivity contribution in [3.63, 3.8) is 0 Å². The van der Waals surface area contributed by atoms with Gasteiger partial charge in [0.25, 0.3) is 11.8 Å². The number of nitrogens with two attached hydrogens (primary N) is 1. The summed E-state index contributed by atoms with van der Waals surface area (Å²) in [5.74, 6) is -0.707. The van der Waals surface area contributed by atoms with Crippen molar-refractivity contribution >= 4 is 28.8 Å². The van der Waals surface area contributed by atoms with Crippen LogP contribution in [0.15, 0.2) is 29.6 Å². The Morgan fingerprint density at radius 3 is 2.67 bits per heavy atom. The number of aryl methyl sites for hydroxylation is 1. The summed E-state index contributed by atoms with van der Waals surface area (Å²) in [6.07, 6.45) is 4.34. The van der Waals surface area contributed by atoms with Gasteiger partial charge in [0.1, 0.15) is 0 Å². The van der Waals surface area contributed by atoms with Crippen molar-refractivity contribution < 1.29 is 9.59 Å². The van der Waals surface area contributed by atoms with Crippen LogP contribution >= 0.6 is 11.3 Å². The first-order chi connectivity index (χ1) is 10.2. The molecule has 1 heterocycles. The summed E-state index contributed by atoms with van der Waals surface area (Å²) < 4.78 is 0. The molecule has 108 valence electrons. The summed E-state index contributed by atoms with van der Waals surface area (Å²) in [4.78, 5) is 25.2. The number of amides is 2. The van der Waals surface area contributed by atoms with Crippen LogP contribution in [-0.4, -0.2) is 11.8 Å². The molecule has 3 N–H and O–H groups in total. The van der Waals surface area contributed by atoms with Gasteiger partial charge in [0.2, 0.25) is 0 Å². The highest BCUT2D eigenvalue weighted by molar-refractivity contribution is 7.10. The Balaban J connectivity index is 1.87. The molecule has 0 bridgehead atoms. The predicted octanol–water partition coefficient (Wildman–Crippen LogP) is 2.98. The molecule has 2 aromatic rings. The maximum absolute atomic E-state index is 12.5. The number of carbonyl (C=O) groups is 2. The molecule has 2 amide bonds. The molecule has 0 saturated heterocycles. The molecule has 1 aromatic carbocycles. The monoisotopic (exact) mass is 300 g/mol. The van der Waals surface area contributed by atoms with Crippen LogP contribution in [0.2, 0.25) is 0 Å². The fourth-order valence-electron chi connectivity index (χ4n) is 2.68. The van der Waals surface area contributed by atoms with Crippen molar-refractivity contribution in [3.05, 3.63) is 51.2 Å². The van der Waals surface area contributed by atoms with Gasteiger partial charge in [-0.25, -0.2) is 0 Å². The van der Waals surface area contributed by atoms with E-state index in [2.05, 4.69) is 5.32 Å². The molecule has 1 aliphatic carbocycles. The molecule has 1 aromatic heterocycles. The number of fused-ring (bicyclic) bond motifs is 1. The predicted molar refractivity (Wildman–Crippen MR) is 83.9 cm³/mol. The summed E-state index contributed by atoms with van der Waals surface area (Å²) in [5.41, 5.74) is 8.02. The molecule has 0 fully saturated rings. The molecule has 0 spiro atoms. The molecule has 5 heteroatoms. The molecule has 3 rings (SSSR count). The zero-order chi connectivity index (χ0) is 14.8. The van der Waals surface area contributed by atoms with E-state index in [0.717, 1.165) is 24.8 Å². The molecule has 0 aliphatic heterocycles. The van der Waals surface area contributed by atoms with Crippen LogP contribution in [0.1, 0.15) is 44.0 Å². The molecule has 1 aliphatic rings. The second-order valence-corrected chi connectivity index (χ2v) is 6.09. The first-order valence-corrected chi connectivity index (χ1v) is 7.84. The Labute approximate surface area is 127 Å². The molecule has 0 radical (unpaired) electrons. The highest BCUT2D eigenvalue weighted by Crippen LogP contribution is 2.30. The van der Waals surface area contributed by atoms with Crippen molar-refractivity contribution in [1.82, 2.24) is 0 Å². The van der Waals surface area contributed by atoms with E-state index in [4.69, 9.17) is 5.73 Å². The zero-order valence-corrected chi connectivity index (χ0v) is 12.3. The minimum absolute atomic E-state index is 0.164.